The molecule has 0 saturated heterocycles. The number of nitrogens with zero attached hydrogens (tertiary/aromatic N) is 4. The van der Waals surface area contributed by atoms with Crippen LogP contribution in [0.5, 0.6) is 0 Å². The molecule has 0 bridgehead atoms. The van der Waals surface area contributed by atoms with Gasteiger partial charge in [0, 0.05) is 30.6 Å². The Hall–Kier alpha value is -2.80. The van der Waals surface area contributed by atoms with Gasteiger partial charge in [0.2, 0.25) is 0 Å². The van der Waals surface area contributed by atoms with Gasteiger partial charge in [-0.2, -0.15) is 4.98 Å². The molecule has 2 aromatic heterocycles. The summed E-state index contributed by atoms with van der Waals surface area (Å²) in [6.45, 7) is 6.05. The molecule has 0 aliphatic carbocycles. The molecule has 1 aliphatic heterocycles. The second-order valence-corrected chi connectivity index (χ2v) is 6.73. The van der Waals surface area contributed by atoms with Gasteiger partial charge in [-0.05, 0) is 32.4 Å². The van der Waals surface area contributed by atoms with Gasteiger partial charge in [-0.15, -0.1) is 0 Å². The van der Waals surface area contributed by atoms with Crippen LogP contribution in [0.3, 0.4) is 0 Å². The summed E-state index contributed by atoms with van der Waals surface area (Å²) in [7, 11) is 0. The molecule has 7 nitrogen and oxygen atoms in total. The maximum Gasteiger partial charge on any atom is 0.257 e. The van der Waals surface area contributed by atoms with Crippen molar-refractivity contribution in [3.05, 3.63) is 63.1 Å². The van der Waals surface area contributed by atoms with Gasteiger partial charge in [0.1, 0.15) is 5.82 Å². The van der Waals surface area contributed by atoms with E-state index in [1.165, 1.54) is 5.56 Å². The Kier molecular flexibility index (Phi) is 4.38. The number of benzene rings is 1. The first-order valence-electron chi connectivity index (χ1n) is 8.79. The van der Waals surface area contributed by atoms with E-state index in [0.29, 0.717) is 30.5 Å². The van der Waals surface area contributed by atoms with Crippen LogP contribution in [0.15, 0.2) is 33.6 Å². The van der Waals surface area contributed by atoms with Gasteiger partial charge in [-0.3, -0.25) is 9.69 Å². The smallest absolute Gasteiger partial charge is 0.257 e. The van der Waals surface area contributed by atoms with E-state index in [0.717, 1.165) is 36.3 Å². The van der Waals surface area contributed by atoms with Crippen molar-refractivity contribution >= 4 is 0 Å². The molecule has 3 heterocycles. The third-order valence-corrected chi connectivity index (χ3v) is 4.69. The van der Waals surface area contributed by atoms with Crippen LogP contribution in [0, 0.1) is 13.8 Å². The average molecular weight is 351 g/mol. The highest BCUT2D eigenvalue weighted by atomic mass is 16.5. The quantitative estimate of drug-likeness (QED) is 0.777. The second kappa shape index (κ2) is 6.84. The lowest BCUT2D eigenvalue weighted by molar-refractivity contribution is 0.266. The predicted octanol–water partition coefficient (Wildman–Crippen LogP) is 2.04. The van der Waals surface area contributed by atoms with Gasteiger partial charge >= 0.3 is 0 Å². The molecule has 134 valence electrons. The summed E-state index contributed by atoms with van der Waals surface area (Å²) in [5.41, 5.74) is 3.80. The Morgan fingerprint density at radius 3 is 2.69 bits per heavy atom. The molecule has 26 heavy (non-hydrogen) atoms. The second-order valence-electron chi connectivity index (χ2n) is 6.73. The minimum absolute atomic E-state index is 0.0180. The standard InChI is InChI=1S/C19H21N5O2/c1-12-3-5-14(6-4-12)19-22-17(23-26-19)11-24-9-7-15-16(8-10-24)20-13(2)21-18(15)25/h3-6H,7-11H2,1-2H3,(H,20,21,25). The number of aromatic amines is 1. The predicted molar refractivity (Wildman–Crippen MR) is 96.8 cm³/mol. The molecule has 0 saturated carbocycles. The highest BCUT2D eigenvalue weighted by Crippen LogP contribution is 2.19. The minimum atomic E-state index is -0.0180. The Balaban J connectivity index is 1.46. The number of H-pyrrole nitrogens is 1. The summed E-state index contributed by atoms with van der Waals surface area (Å²) in [5.74, 6) is 1.86. The van der Waals surface area contributed by atoms with Crippen molar-refractivity contribution in [2.75, 3.05) is 13.1 Å². The van der Waals surface area contributed by atoms with E-state index < -0.39 is 0 Å². The van der Waals surface area contributed by atoms with Crippen LogP contribution in [0.1, 0.15) is 28.5 Å². The molecule has 1 N–H and O–H groups in total. The van der Waals surface area contributed by atoms with E-state index in [1.54, 1.807) is 0 Å². The molecule has 4 rings (SSSR count). The number of fused-ring (bicyclic) bond motifs is 1. The van der Waals surface area contributed by atoms with Crippen molar-refractivity contribution < 1.29 is 4.52 Å². The average Bonchev–Trinajstić information content (AvgIpc) is 2.97. The summed E-state index contributed by atoms with van der Waals surface area (Å²) in [5, 5.41) is 4.11. The lowest BCUT2D eigenvalue weighted by Gasteiger charge is -2.16. The van der Waals surface area contributed by atoms with E-state index in [2.05, 4.69) is 25.0 Å². The Bertz CT molecular complexity index is 974. The monoisotopic (exact) mass is 351 g/mol. The zero-order valence-corrected chi connectivity index (χ0v) is 15.0. The Morgan fingerprint density at radius 1 is 1.12 bits per heavy atom. The van der Waals surface area contributed by atoms with Crippen LogP contribution in [-0.4, -0.2) is 38.1 Å². The van der Waals surface area contributed by atoms with Crippen LogP contribution >= 0.6 is 0 Å². The molecule has 0 radical (unpaired) electrons. The van der Waals surface area contributed by atoms with Crippen LogP contribution < -0.4 is 5.56 Å². The molecule has 0 fully saturated rings. The fraction of sp³-hybridized carbons (Fsp3) is 0.368. The topological polar surface area (TPSA) is 87.9 Å². The lowest BCUT2D eigenvalue weighted by Crippen LogP contribution is -2.26. The number of hydrogen-bond donors (Lipinski definition) is 1. The van der Waals surface area contributed by atoms with Crippen molar-refractivity contribution in [1.29, 1.82) is 0 Å². The van der Waals surface area contributed by atoms with Crippen LogP contribution in [0.25, 0.3) is 11.5 Å². The Labute approximate surface area is 151 Å². The first kappa shape index (κ1) is 16.7. The summed E-state index contributed by atoms with van der Waals surface area (Å²) < 4.78 is 5.40. The molecule has 0 unspecified atom stereocenters. The minimum Gasteiger partial charge on any atom is -0.334 e. The molecule has 0 spiro atoms. The van der Waals surface area contributed by atoms with Crippen molar-refractivity contribution in [3.8, 4) is 11.5 Å². The fourth-order valence-corrected chi connectivity index (χ4v) is 3.27. The van der Waals surface area contributed by atoms with Gasteiger partial charge in [-0.1, -0.05) is 22.9 Å². The summed E-state index contributed by atoms with van der Waals surface area (Å²) in [4.78, 5) is 26.2. The highest BCUT2D eigenvalue weighted by molar-refractivity contribution is 5.53. The third-order valence-electron chi connectivity index (χ3n) is 4.69. The first-order chi connectivity index (χ1) is 12.6. The van der Waals surface area contributed by atoms with Gasteiger partial charge in [0.15, 0.2) is 5.82 Å². The zero-order chi connectivity index (χ0) is 18.1. The van der Waals surface area contributed by atoms with Gasteiger partial charge in [0.25, 0.3) is 11.4 Å². The fourth-order valence-electron chi connectivity index (χ4n) is 3.27. The number of rotatable bonds is 3. The maximum atomic E-state index is 12.1. The van der Waals surface area contributed by atoms with E-state index in [1.807, 2.05) is 38.1 Å². The van der Waals surface area contributed by atoms with Gasteiger partial charge < -0.3 is 9.51 Å². The molecule has 0 atom stereocenters. The highest BCUT2D eigenvalue weighted by Gasteiger charge is 2.20. The molecular formula is C19H21N5O2. The van der Waals surface area contributed by atoms with Gasteiger partial charge in [-0.25, -0.2) is 4.98 Å². The summed E-state index contributed by atoms with van der Waals surface area (Å²) in [6, 6.07) is 8.01. The molecule has 1 aromatic carbocycles. The summed E-state index contributed by atoms with van der Waals surface area (Å²) in [6.07, 6.45) is 1.43. The number of nitrogens with one attached hydrogen (secondary N) is 1. The normalized spacial score (nSPS) is 14.8. The van der Waals surface area contributed by atoms with E-state index in [9.17, 15) is 4.79 Å². The maximum absolute atomic E-state index is 12.1. The number of hydrogen-bond acceptors (Lipinski definition) is 6. The number of aryl methyl sites for hydroxylation is 2. The van der Waals surface area contributed by atoms with Crippen LogP contribution in [-0.2, 0) is 19.4 Å². The van der Waals surface area contributed by atoms with E-state index in [-0.39, 0.29) is 5.56 Å². The van der Waals surface area contributed by atoms with Crippen molar-refractivity contribution in [3.63, 3.8) is 0 Å². The van der Waals surface area contributed by atoms with Gasteiger partial charge in [0.05, 0.1) is 12.2 Å². The van der Waals surface area contributed by atoms with E-state index >= 15 is 0 Å². The Morgan fingerprint density at radius 2 is 1.88 bits per heavy atom. The molecule has 0 amide bonds. The molecule has 3 aromatic rings. The summed E-state index contributed by atoms with van der Waals surface area (Å²) >= 11 is 0. The van der Waals surface area contributed by atoms with Crippen molar-refractivity contribution in [1.82, 2.24) is 25.0 Å². The van der Waals surface area contributed by atoms with E-state index in [4.69, 9.17) is 4.52 Å². The first-order valence-corrected chi connectivity index (χ1v) is 8.79. The molecule has 7 heteroatoms. The SMILES string of the molecule is Cc1ccc(-c2nc(CN3CCc4nc(C)[nH]c(=O)c4CC3)no2)cc1. The van der Waals surface area contributed by atoms with Crippen LogP contribution in [0.2, 0.25) is 0 Å². The van der Waals surface area contributed by atoms with Crippen molar-refractivity contribution in [2.45, 2.75) is 33.2 Å². The number of aromatic nitrogens is 4. The molecule has 1 aliphatic rings. The largest absolute Gasteiger partial charge is 0.334 e. The third kappa shape index (κ3) is 3.43. The van der Waals surface area contributed by atoms with Crippen LogP contribution in [0.4, 0.5) is 0 Å². The lowest BCUT2D eigenvalue weighted by atomic mass is 10.1. The zero-order valence-electron chi connectivity index (χ0n) is 15.0. The van der Waals surface area contributed by atoms with Crippen molar-refractivity contribution in [2.24, 2.45) is 0 Å². The molecular weight excluding hydrogens is 330 g/mol.